The van der Waals surface area contributed by atoms with Crippen LogP contribution >= 0.6 is 0 Å². The molecule has 2 heterocycles. The Kier molecular flexibility index (Phi) is 4.18. The van der Waals surface area contributed by atoms with Crippen LogP contribution in [-0.4, -0.2) is 46.5 Å². The summed E-state index contributed by atoms with van der Waals surface area (Å²) in [6, 6.07) is 8.65. The lowest BCUT2D eigenvalue weighted by Gasteiger charge is -2.49. The molecule has 1 unspecified atom stereocenters. The molecule has 0 aromatic carbocycles. The molecule has 1 aromatic heterocycles. The van der Waals surface area contributed by atoms with Crippen molar-refractivity contribution in [3.05, 3.63) is 30.1 Å². The van der Waals surface area contributed by atoms with Gasteiger partial charge in [0.1, 0.15) is 0 Å². The molecule has 1 saturated heterocycles. The van der Waals surface area contributed by atoms with Crippen molar-refractivity contribution >= 4 is 0 Å². The van der Waals surface area contributed by atoms with E-state index in [0.29, 0.717) is 12.5 Å². The highest BCUT2D eigenvalue weighted by molar-refractivity contribution is 5.06. The molecule has 1 aliphatic heterocycles. The number of nitriles is 1. The first-order valence-electron chi connectivity index (χ1n) is 6.75. The molecule has 4 heteroatoms. The van der Waals surface area contributed by atoms with Crippen molar-refractivity contribution in [2.24, 2.45) is 0 Å². The van der Waals surface area contributed by atoms with E-state index >= 15 is 0 Å². The number of rotatable bonds is 3. The number of hydrogen-bond donors (Lipinski definition) is 0. The topological polar surface area (TPSA) is 43.2 Å². The predicted octanol–water partition coefficient (Wildman–Crippen LogP) is 1.89. The van der Waals surface area contributed by atoms with Gasteiger partial charge in [-0.3, -0.25) is 14.8 Å². The molecule has 1 fully saturated rings. The smallest absolute Gasteiger partial charge is 0.0638 e. The molecule has 1 atom stereocenters. The lowest BCUT2D eigenvalue weighted by molar-refractivity contribution is -0.00969. The Morgan fingerprint density at radius 1 is 1.47 bits per heavy atom. The number of piperazine rings is 1. The van der Waals surface area contributed by atoms with E-state index in [9.17, 15) is 0 Å². The monoisotopic (exact) mass is 258 g/mol. The van der Waals surface area contributed by atoms with Gasteiger partial charge in [0.25, 0.3) is 0 Å². The van der Waals surface area contributed by atoms with Gasteiger partial charge in [0.15, 0.2) is 0 Å². The molecular formula is C15H22N4. The standard InChI is InChI=1S/C15H22N4/c1-15(2)12-18(3)14(7-8-16)11-19(15)10-13-6-4-5-9-17-13/h4-6,9,14H,7,10-12H2,1-3H3. The van der Waals surface area contributed by atoms with Gasteiger partial charge in [-0.15, -0.1) is 0 Å². The molecule has 102 valence electrons. The van der Waals surface area contributed by atoms with Gasteiger partial charge in [-0.05, 0) is 33.0 Å². The summed E-state index contributed by atoms with van der Waals surface area (Å²) in [4.78, 5) is 9.15. The minimum absolute atomic E-state index is 0.109. The quantitative estimate of drug-likeness (QED) is 0.830. The third-order valence-corrected chi connectivity index (χ3v) is 3.95. The Bertz CT molecular complexity index is 449. The van der Waals surface area contributed by atoms with Gasteiger partial charge in [-0.25, -0.2) is 0 Å². The van der Waals surface area contributed by atoms with E-state index in [1.807, 2.05) is 18.3 Å². The second kappa shape index (κ2) is 5.68. The fraction of sp³-hybridized carbons (Fsp3) is 0.600. The lowest BCUT2D eigenvalue weighted by atomic mass is 9.94. The van der Waals surface area contributed by atoms with Crippen LogP contribution in [0.1, 0.15) is 26.0 Å². The number of nitrogens with zero attached hydrogens (tertiary/aromatic N) is 4. The summed E-state index contributed by atoms with van der Waals surface area (Å²) in [5, 5.41) is 8.93. The highest BCUT2D eigenvalue weighted by Gasteiger charge is 2.37. The largest absolute Gasteiger partial charge is 0.299 e. The summed E-state index contributed by atoms with van der Waals surface area (Å²) in [5.41, 5.74) is 1.20. The first kappa shape index (κ1) is 14.0. The van der Waals surface area contributed by atoms with Crippen molar-refractivity contribution in [2.45, 2.75) is 38.4 Å². The van der Waals surface area contributed by atoms with Gasteiger partial charge in [-0.1, -0.05) is 6.07 Å². The van der Waals surface area contributed by atoms with Crippen LogP contribution in [0.5, 0.6) is 0 Å². The van der Waals surface area contributed by atoms with E-state index in [2.05, 4.69) is 47.8 Å². The van der Waals surface area contributed by atoms with Gasteiger partial charge in [0, 0.05) is 37.4 Å². The summed E-state index contributed by atoms with van der Waals surface area (Å²) in [6.45, 7) is 7.27. The highest BCUT2D eigenvalue weighted by Crippen LogP contribution is 2.26. The van der Waals surface area contributed by atoms with Gasteiger partial charge in [0.2, 0.25) is 0 Å². The third kappa shape index (κ3) is 3.31. The summed E-state index contributed by atoms with van der Waals surface area (Å²) >= 11 is 0. The average molecular weight is 258 g/mol. The maximum Gasteiger partial charge on any atom is 0.0638 e. The van der Waals surface area contributed by atoms with Crippen LogP contribution < -0.4 is 0 Å². The van der Waals surface area contributed by atoms with Crippen LogP contribution in [-0.2, 0) is 6.54 Å². The van der Waals surface area contributed by atoms with E-state index in [1.54, 1.807) is 0 Å². The fourth-order valence-electron chi connectivity index (χ4n) is 2.77. The lowest BCUT2D eigenvalue weighted by Crippen LogP contribution is -2.61. The molecule has 0 aliphatic carbocycles. The molecule has 0 bridgehead atoms. The van der Waals surface area contributed by atoms with Gasteiger partial charge >= 0.3 is 0 Å². The van der Waals surface area contributed by atoms with Crippen molar-refractivity contribution < 1.29 is 0 Å². The van der Waals surface area contributed by atoms with Crippen molar-refractivity contribution in [1.82, 2.24) is 14.8 Å². The molecular weight excluding hydrogens is 236 g/mol. The van der Waals surface area contributed by atoms with Crippen molar-refractivity contribution in [3.8, 4) is 6.07 Å². The second-order valence-corrected chi connectivity index (χ2v) is 5.95. The Morgan fingerprint density at radius 2 is 2.26 bits per heavy atom. The molecule has 1 aromatic rings. The zero-order valence-electron chi connectivity index (χ0n) is 12.0. The minimum Gasteiger partial charge on any atom is -0.299 e. The maximum absolute atomic E-state index is 8.93. The van der Waals surface area contributed by atoms with Crippen LogP contribution in [0.4, 0.5) is 0 Å². The van der Waals surface area contributed by atoms with E-state index in [0.717, 1.165) is 25.3 Å². The van der Waals surface area contributed by atoms with E-state index in [4.69, 9.17) is 5.26 Å². The Labute approximate surface area is 115 Å². The number of pyridine rings is 1. The first-order chi connectivity index (χ1) is 9.03. The van der Waals surface area contributed by atoms with Gasteiger partial charge in [0.05, 0.1) is 18.2 Å². The van der Waals surface area contributed by atoms with Crippen LogP contribution in [0.25, 0.3) is 0 Å². The highest BCUT2D eigenvalue weighted by atomic mass is 15.3. The third-order valence-electron chi connectivity index (χ3n) is 3.95. The molecule has 0 N–H and O–H groups in total. The molecule has 0 spiro atoms. The van der Waals surface area contributed by atoms with E-state index in [-0.39, 0.29) is 5.54 Å². The van der Waals surface area contributed by atoms with Crippen LogP contribution in [0.2, 0.25) is 0 Å². The van der Waals surface area contributed by atoms with E-state index < -0.39 is 0 Å². The van der Waals surface area contributed by atoms with Gasteiger partial charge < -0.3 is 0 Å². The zero-order valence-corrected chi connectivity index (χ0v) is 12.0. The molecule has 2 rings (SSSR count). The van der Waals surface area contributed by atoms with Crippen molar-refractivity contribution in [3.63, 3.8) is 0 Å². The molecule has 4 nitrogen and oxygen atoms in total. The Morgan fingerprint density at radius 3 is 2.89 bits per heavy atom. The first-order valence-corrected chi connectivity index (χ1v) is 6.75. The van der Waals surface area contributed by atoms with Crippen molar-refractivity contribution in [1.29, 1.82) is 5.26 Å². The molecule has 0 amide bonds. The van der Waals surface area contributed by atoms with Crippen molar-refractivity contribution in [2.75, 3.05) is 20.1 Å². The summed E-state index contributed by atoms with van der Waals surface area (Å²) in [5.74, 6) is 0. The molecule has 1 aliphatic rings. The normalized spacial score (nSPS) is 24.0. The van der Waals surface area contributed by atoms with Gasteiger partial charge in [-0.2, -0.15) is 5.26 Å². The minimum atomic E-state index is 0.109. The molecule has 19 heavy (non-hydrogen) atoms. The molecule has 0 saturated carbocycles. The number of likely N-dealkylation sites (N-methyl/N-ethyl adjacent to an activating group) is 1. The van der Waals surface area contributed by atoms with Crippen LogP contribution in [0.15, 0.2) is 24.4 Å². The van der Waals surface area contributed by atoms with Crippen LogP contribution in [0.3, 0.4) is 0 Å². The summed E-state index contributed by atoms with van der Waals surface area (Å²) in [7, 11) is 2.11. The predicted molar refractivity (Wildman–Crippen MR) is 75.4 cm³/mol. The summed E-state index contributed by atoms with van der Waals surface area (Å²) < 4.78 is 0. The molecule has 0 radical (unpaired) electrons. The SMILES string of the molecule is CN1CC(C)(C)N(Cc2ccccn2)CC1CC#N. The Balaban J connectivity index is 2.11. The number of hydrogen-bond acceptors (Lipinski definition) is 4. The number of aromatic nitrogens is 1. The second-order valence-electron chi connectivity index (χ2n) is 5.95. The average Bonchev–Trinajstić information content (AvgIpc) is 2.36. The Hall–Kier alpha value is -1.44. The fourth-order valence-corrected chi connectivity index (χ4v) is 2.77. The van der Waals surface area contributed by atoms with Crippen LogP contribution in [0, 0.1) is 11.3 Å². The summed E-state index contributed by atoms with van der Waals surface area (Å²) in [6.07, 6.45) is 2.43. The van der Waals surface area contributed by atoms with E-state index in [1.165, 1.54) is 0 Å². The maximum atomic E-state index is 8.93. The zero-order chi connectivity index (χ0) is 13.9.